The van der Waals surface area contributed by atoms with Crippen LogP contribution >= 0.6 is 0 Å². The van der Waals surface area contributed by atoms with Gasteiger partial charge in [-0.3, -0.25) is 0 Å². The number of nitrogens with one attached hydrogen (secondary N) is 1. The van der Waals surface area contributed by atoms with Crippen LogP contribution in [0, 0.1) is 11.2 Å². The van der Waals surface area contributed by atoms with E-state index in [2.05, 4.69) is 12.2 Å². The zero-order valence-electron chi connectivity index (χ0n) is 9.95. The molecule has 4 heteroatoms. The predicted molar refractivity (Wildman–Crippen MR) is 63.2 cm³/mol. The summed E-state index contributed by atoms with van der Waals surface area (Å²) in [5, 5.41) is 13.1. The van der Waals surface area contributed by atoms with E-state index < -0.39 is 6.10 Å². The second-order valence-corrected chi connectivity index (χ2v) is 5.01. The van der Waals surface area contributed by atoms with Crippen LogP contribution in [0.2, 0.25) is 0 Å². The van der Waals surface area contributed by atoms with Crippen molar-refractivity contribution in [2.45, 2.75) is 13.0 Å². The number of rotatable bonds is 5. The van der Waals surface area contributed by atoms with Crippen LogP contribution in [0.25, 0.3) is 0 Å². The Hall–Kier alpha value is -0.970. The van der Waals surface area contributed by atoms with Crippen LogP contribution in [0.5, 0.6) is 0 Å². The normalized spacial score (nSPS) is 19.7. The Kier molecular flexibility index (Phi) is 3.76. The molecule has 1 aromatic rings. The lowest BCUT2D eigenvalue weighted by Crippen LogP contribution is -2.47. The maximum atomic E-state index is 13.0. The zero-order valence-corrected chi connectivity index (χ0v) is 9.95. The Labute approximate surface area is 101 Å². The van der Waals surface area contributed by atoms with Crippen molar-refractivity contribution in [1.82, 2.24) is 5.32 Å². The molecular formula is C13H18FNO2. The predicted octanol–water partition coefficient (Wildman–Crippen LogP) is 1.49. The van der Waals surface area contributed by atoms with Crippen molar-refractivity contribution in [2.24, 2.45) is 5.41 Å². The summed E-state index contributed by atoms with van der Waals surface area (Å²) in [5.74, 6) is -0.319. The smallest absolute Gasteiger partial charge is 0.123 e. The third-order valence-corrected chi connectivity index (χ3v) is 3.02. The molecule has 3 nitrogen and oxygen atoms in total. The van der Waals surface area contributed by atoms with Crippen molar-refractivity contribution in [3.63, 3.8) is 0 Å². The van der Waals surface area contributed by atoms with Gasteiger partial charge in [0, 0.05) is 18.5 Å². The van der Waals surface area contributed by atoms with Gasteiger partial charge < -0.3 is 15.2 Å². The van der Waals surface area contributed by atoms with Crippen LogP contribution in [-0.2, 0) is 4.74 Å². The SMILES string of the molecule is CC1(CNCC(O)c2cccc(F)c2)COC1. The first-order valence-corrected chi connectivity index (χ1v) is 5.81. The lowest BCUT2D eigenvalue weighted by molar-refractivity contribution is -0.0996. The molecule has 1 aliphatic heterocycles. The standard InChI is InChI=1S/C13H18FNO2/c1-13(8-17-9-13)7-15-6-12(16)10-3-2-4-11(14)5-10/h2-5,12,15-16H,6-9H2,1H3. The molecule has 0 amide bonds. The first-order chi connectivity index (χ1) is 8.09. The van der Waals surface area contributed by atoms with E-state index in [4.69, 9.17) is 4.74 Å². The third kappa shape index (κ3) is 3.25. The molecule has 1 atom stereocenters. The third-order valence-electron chi connectivity index (χ3n) is 3.02. The summed E-state index contributed by atoms with van der Waals surface area (Å²) in [7, 11) is 0. The Bertz CT molecular complexity index is 379. The zero-order chi connectivity index (χ0) is 12.3. The minimum atomic E-state index is -0.671. The Morgan fingerprint density at radius 3 is 2.88 bits per heavy atom. The molecule has 1 aromatic carbocycles. The molecule has 1 saturated heterocycles. The number of ether oxygens (including phenoxy) is 1. The summed E-state index contributed by atoms with van der Waals surface area (Å²) in [6.07, 6.45) is -0.671. The first-order valence-electron chi connectivity index (χ1n) is 5.81. The molecule has 0 radical (unpaired) electrons. The van der Waals surface area contributed by atoms with Gasteiger partial charge in [-0.1, -0.05) is 19.1 Å². The summed E-state index contributed by atoms with van der Waals surface area (Å²) in [5.41, 5.74) is 0.786. The van der Waals surface area contributed by atoms with E-state index in [1.165, 1.54) is 12.1 Å². The van der Waals surface area contributed by atoms with Crippen LogP contribution in [0.1, 0.15) is 18.6 Å². The quantitative estimate of drug-likeness (QED) is 0.818. The monoisotopic (exact) mass is 239 g/mol. The van der Waals surface area contributed by atoms with Gasteiger partial charge in [-0.25, -0.2) is 4.39 Å². The van der Waals surface area contributed by atoms with E-state index in [0.29, 0.717) is 12.1 Å². The molecule has 17 heavy (non-hydrogen) atoms. The molecule has 2 N–H and O–H groups in total. The maximum Gasteiger partial charge on any atom is 0.123 e. The van der Waals surface area contributed by atoms with E-state index in [1.54, 1.807) is 12.1 Å². The van der Waals surface area contributed by atoms with Crippen LogP contribution in [0.15, 0.2) is 24.3 Å². The van der Waals surface area contributed by atoms with E-state index in [0.717, 1.165) is 19.8 Å². The molecule has 0 saturated carbocycles. The van der Waals surface area contributed by atoms with Gasteiger partial charge in [0.25, 0.3) is 0 Å². The highest BCUT2D eigenvalue weighted by atomic mass is 19.1. The number of aliphatic hydroxyl groups excluding tert-OH is 1. The fourth-order valence-corrected chi connectivity index (χ4v) is 1.89. The van der Waals surface area contributed by atoms with Crippen molar-refractivity contribution in [2.75, 3.05) is 26.3 Å². The fourth-order valence-electron chi connectivity index (χ4n) is 1.89. The van der Waals surface area contributed by atoms with Crippen LogP contribution in [-0.4, -0.2) is 31.4 Å². The van der Waals surface area contributed by atoms with Crippen molar-refractivity contribution >= 4 is 0 Å². The lowest BCUT2D eigenvalue weighted by Gasteiger charge is -2.38. The molecule has 1 aliphatic rings. The topological polar surface area (TPSA) is 41.5 Å². The Morgan fingerprint density at radius 1 is 1.53 bits per heavy atom. The Balaban J connectivity index is 1.79. The van der Waals surface area contributed by atoms with E-state index in [9.17, 15) is 9.50 Å². The highest BCUT2D eigenvalue weighted by Crippen LogP contribution is 2.25. The summed E-state index contributed by atoms with van der Waals surface area (Å²) < 4.78 is 18.1. The van der Waals surface area contributed by atoms with Gasteiger partial charge in [0.1, 0.15) is 5.82 Å². The average molecular weight is 239 g/mol. The molecule has 1 heterocycles. The lowest BCUT2D eigenvalue weighted by atomic mass is 9.89. The molecule has 1 unspecified atom stereocenters. The number of hydrogen-bond donors (Lipinski definition) is 2. The second-order valence-electron chi connectivity index (χ2n) is 5.01. The van der Waals surface area contributed by atoms with Crippen LogP contribution in [0.3, 0.4) is 0 Å². The van der Waals surface area contributed by atoms with Crippen molar-refractivity contribution < 1.29 is 14.2 Å². The molecule has 0 spiro atoms. The number of halogens is 1. The van der Waals surface area contributed by atoms with Gasteiger partial charge in [0.2, 0.25) is 0 Å². The summed E-state index contributed by atoms with van der Waals surface area (Å²) in [6, 6.07) is 6.06. The average Bonchev–Trinajstić information content (AvgIpc) is 2.26. The molecular weight excluding hydrogens is 221 g/mol. The van der Waals surface area contributed by atoms with Gasteiger partial charge >= 0.3 is 0 Å². The second kappa shape index (κ2) is 5.12. The van der Waals surface area contributed by atoms with Crippen molar-refractivity contribution in [3.05, 3.63) is 35.6 Å². The molecule has 0 aromatic heterocycles. The van der Waals surface area contributed by atoms with Crippen molar-refractivity contribution in [3.8, 4) is 0 Å². The summed E-state index contributed by atoms with van der Waals surface area (Å²) in [4.78, 5) is 0. The van der Waals surface area contributed by atoms with E-state index >= 15 is 0 Å². The van der Waals surface area contributed by atoms with Gasteiger partial charge in [-0.15, -0.1) is 0 Å². The maximum absolute atomic E-state index is 13.0. The summed E-state index contributed by atoms with van der Waals surface area (Å²) in [6.45, 7) is 4.89. The number of benzene rings is 1. The first kappa shape index (κ1) is 12.5. The van der Waals surface area contributed by atoms with Gasteiger partial charge in [-0.2, -0.15) is 0 Å². The summed E-state index contributed by atoms with van der Waals surface area (Å²) >= 11 is 0. The largest absolute Gasteiger partial charge is 0.387 e. The van der Waals surface area contributed by atoms with Gasteiger partial charge in [-0.05, 0) is 17.7 Å². The number of hydrogen-bond acceptors (Lipinski definition) is 3. The highest BCUT2D eigenvalue weighted by molar-refractivity contribution is 5.18. The minimum absolute atomic E-state index is 0.182. The molecule has 94 valence electrons. The van der Waals surface area contributed by atoms with Gasteiger partial charge in [0.05, 0.1) is 19.3 Å². The minimum Gasteiger partial charge on any atom is -0.387 e. The molecule has 0 aliphatic carbocycles. The number of aliphatic hydroxyl groups is 1. The van der Waals surface area contributed by atoms with E-state index in [1.807, 2.05) is 0 Å². The van der Waals surface area contributed by atoms with Crippen molar-refractivity contribution in [1.29, 1.82) is 0 Å². The van der Waals surface area contributed by atoms with Crippen LogP contribution in [0.4, 0.5) is 4.39 Å². The van der Waals surface area contributed by atoms with E-state index in [-0.39, 0.29) is 11.2 Å². The van der Waals surface area contributed by atoms with Crippen LogP contribution < -0.4 is 5.32 Å². The molecule has 0 bridgehead atoms. The molecule has 2 rings (SSSR count). The molecule has 1 fully saturated rings. The Morgan fingerprint density at radius 2 is 2.29 bits per heavy atom. The van der Waals surface area contributed by atoms with Gasteiger partial charge in [0.15, 0.2) is 0 Å². The fraction of sp³-hybridized carbons (Fsp3) is 0.538. The highest BCUT2D eigenvalue weighted by Gasteiger charge is 2.32.